The van der Waals surface area contributed by atoms with E-state index < -0.39 is 17.4 Å². The van der Waals surface area contributed by atoms with Crippen LogP contribution in [0.15, 0.2) is 35.6 Å². The second kappa shape index (κ2) is 8.20. The lowest BCUT2D eigenvalue weighted by Gasteiger charge is -2.55. The largest absolute Gasteiger partial charge is 0.468 e. The van der Waals surface area contributed by atoms with Gasteiger partial charge in [0.2, 0.25) is 0 Å². The summed E-state index contributed by atoms with van der Waals surface area (Å²) in [7, 11) is 1.30. The molecule has 4 atom stereocenters. The summed E-state index contributed by atoms with van der Waals surface area (Å²) in [6.45, 7) is 8.17. The fourth-order valence-electron chi connectivity index (χ4n) is 5.35. The van der Waals surface area contributed by atoms with E-state index in [0.29, 0.717) is 30.5 Å². The van der Waals surface area contributed by atoms with Crippen molar-refractivity contribution in [2.45, 2.75) is 39.5 Å². The van der Waals surface area contributed by atoms with Gasteiger partial charge in [-0.2, -0.15) is 0 Å². The summed E-state index contributed by atoms with van der Waals surface area (Å²) in [5.74, 6) is -1.23. The van der Waals surface area contributed by atoms with Gasteiger partial charge in [-0.1, -0.05) is 25.2 Å². The van der Waals surface area contributed by atoms with Crippen molar-refractivity contribution in [3.05, 3.63) is 35.6 Å². The fraction of sp³-hybridized carbons (Fsp3) is 0.565. The van der Waals surface area contributed by atoms with Crippen LogP contribution in [0.5, 0.6) is 0 Å². The van der Waals surface area contributed by atoms with Crippen LogP contribution >= 0.6 is 0 Å². The molecule has 7 nitrogen and oxygen atoms in total. The van der Waals surface area contributed by atoms with E-state index in [1.54, 1.807) is 13.0 Å². The Labute approximate surface area is 176 Å². The SMILES string of the molecule is C=C1CCC2[C@@](C)(CCC(=O)[C@@]2(C)C=O)C1/C=C(\NCC(=O)OC)C1=CCOC1=O. The van der Waals surface area contributed by atoms with E-state index in [0.717, 1.165) is 18.3 Å². The first kappa shape index (κ1) is 22.0. The smallest absolute Gasteiger partial charge is 0.340 e. The van der Waals surface area contributed by atoms with Gasteiger partial charge >= 0.3 is 11.9 Å². The molecule has 0 spiro atoms. The molecular formula is C23H29NO6. The fourth-order valence-corrected chi connectivity index (χ4v) is 5.35. The van der Waals surface area contributed by atoms with Crippen molar-refractivity contribution in [1.29, 1.82) is 0 Å². The van der Waals surface area contributed by atoms with Crippen LogP contribution < -0.4 is 5.32 Å². The maximum Gasteiger partial charge on any atom is 0.340 e. The Hall–Kier alpha value is -2.70. The zero-order valence-electron chi connectivity index (χ0n) is 17.8. The molecule has 1 heterocycles. The van der Waals surface area contributed by atoms with Crippen LogP contribution in [-0.4, -0.2) is 44.3 Å². The van der Waals surface area contributed by atoms with Gasteiger partial charge in [-0.05, 0) is 43.6 Å². The van der Waals surface area contributed by atoms with E-state index >= 15 is 0 Å². The lowest BCUT2D eigenvalue weighted by molar-refractivity contribution is -0.150. The summed E-state index contributed by atoms with van der Waals surface area (Å²) in [6, 6.07) is 0. The van der Waals surface area contributed by atoms with E-state index in [1.165, 1.54) is 7.11 Å². The standard InChI is InChI=1S/C23H29NO6/c1-14-5-6-18-22(2,9-7-19(26)23(18,3)13-25)16(14)11-17(24-12-20(27)29-4)15-8-10-30-21(15)28/h8,11,13,16,18,24H,1,5-7,9-10,12H2,2-4H3/b17-11-/t16?,18?,22-,23-/m0/s1. The number of Topliss-reactive ketones (excluding diaryl/α,β-unsaturated/α-hetero) is 1. The molecule has 2 saturated carbocycles. The molecule has 0 aromatic carbocycles. The van der Waals surface area contributed by atoms with Gasteiger partial charge in [-0.15, -0.1) is 0 Å². The number of hydrogen-bond acceptors (Lipinski definition) is 7. The van der Waals surface area contributed by atoms with Crippen molar-refractivity contribution < 1.29 is 28.7 Å². The van der Waals surface area contributed by atoms with Gasteiger partial charge in [0.25, 0.3) is 0 Å². The molecule has 7 heteroatoms. The number of hydrogen-bond donors (Lipinski definition) is 1. The van der Waals surface area contributed by atoms with E-state index in [-0.39, 0.29) is 36.2 Å². The molecule has 3 aliphatic rings. The number of cyclic esters (lactones) is 1. The van der Waals surface area contributed by atoms with Gasteiger partial charge in [-0.3, -0.25) is 9.59 Å². The Morgan fingerprint density at radius 1 is 1.37 bits per heavy atom. The minimum Gasteiger partial charge on any atom is -0.468 e. The predicted octanol–water partition coefficient (Wildman–Crippen LogP) is 2.27. The molecule has 0 saturated heterocycles. The highest BCUT2D eigenvalue weighted by Crippen LogP contribution is 2.59. The van der Waals surface area contributed by atoms with Crippen LogP contribution in [0.2, 0.25) is 0 Å². The number of fused-ring (bicyclic) bond motifs is 1. The topological polar surface area (TPSA) is 98.8 Å². The average Bonchev–Trinajstić information content (AvgIpc) is 3.15. The van der Waals surface area contributed by atoms with Gasteiger partial charge in [0.15, 0.2) is 0 Å². The molecule has 162 valence electrons. The van der Waals surface area contributed by atoms with Crippen LogP contribution in [0, 0.1) is 22.7 Å². The first-order valence-corrected chi connectivity index (χ1v) is 10.2. The molecule has 0 aromatic rings. The highest BCUT2D eigenvalue weighted by Gasteiger charge is 2.57. The van der Waals surface area contributed by atoms with Crippen LogP contribution in [0.1, 0.15) is 39.5 Å². The van der Waals surface area contributed by atoms with Crippen molar-refractivity contribution in [2.75, 3.05) is 20.3 Å². The molecule has 3 rings (SSSR count). The van der Waals surface area contributed by atoms with Crippen LogP contribution in [0.25, 0.3) is 0 Å². The van der Waals surface area contributed by atoms with Crippen LogP contribution in [0.3, 0.4) is 0 Å². The molecule has 2 aliphatic carbocycles. The van der Waals surface area contributed by atoms with Crippen LogP contribution in [0.4, 0.5) is 0 Å². The number of rotatable bonds is 6. The second-order valence-corrected chi connectivity index (χ2v) is 8.78. The number of ether oxygens (including phenoxy) is 2. The Morgan fingerprint density at radius 2 is 2.10 bits per heavy atom. The number of esters is 2. The summed E-state index contributed by atoms with van der Waals surface area (Å²) in [5.41, 5.74) is 0.439. The lowest BCUT2D eigenvalue weighted by Crippen LogP contribution is -2.54. The summed E-state index contributed by atoms with van der Waals surface area (Å²) in [6.07, 6.45) is 6.76. The molecule has 0 bridgehead atoms. The van der Waals surface area contributed by atoms with Crippen LogP contribution in [-0.2, 0) is 28.7 Å². The summed E-state index contributed by atoms with van der Waals surface area (Å²) in [4.78, 5) is 48.5. The first-order chi connectivity index (χ1) is 14.2. The molecule has 2 unspecified atom stereocenters. The van der Waals surface area contributed by atoms with E-state index in [9.17, 15) is 19.2 Å². The van der Waals surface area contributed by atoms with Crippen molar-refractivity contribution >= 4 is 24.0 Å². The predicted molar refractivity (Wildman–Crippen MR) is 109 cm³/mol. The van der Waals surface area contributed by atoms with E-state index in [2.05, 4.69) is 18.8 Å². The zero-order valence-corrected chi connectivity index (χ0v) is 17.8. The number of carbonyl (C=O) groups excluding carboxylic acids is 4. The second-order valence-electron chi connectivity index (χ2n) is 8.78. The number of carbonyl (C=O) groups is 4. The summed E-state index contributed by atoms with van der Waals surface area (Å²) in [5, 5.41) is 3.01. The molecule has 1 N–H and O–H groups in total. The quantitative estimate of drug-likeness (QED) is 0.307. The van der Waals surface area contributed by atoms with Gasteiger partial charge in [0.05, 0.1) is 18.1 Å². The highest BCUT2D eigenvalue weighted by molar-refractivity contribution is 5.99. The average molecular weight is 415 g/mol. The number of nitrogens with one attached hydrogen (secondary N) is 1. The number of aldehydes is 1. The maximum atomic E-state index is 12.6. The van der Waals surface area contributed by atoms with E-state index in [4.69, 9.17) is 9.47 Å². The third kappa shape index (κ3) is 3.61. The number of methoxy groups -OCH3 is 1. The molecule has 0 radical (unpaired) electrons. The van der Waals surface area contributed by atoms with Gasteiger partial charge in [0.1, 0.15) is 25.2 Å². The Balaban J connectivity index is 2.02. The summed E-state index contributed by atoms with van der Waals surface area (Å²) < 4.78 is 9.75. The lowest BCUT2D eigenvalue weighted by atomic mass is 9.47. The van der Waals surface area contributed by atoms with Crippen molar-refractivity contribution in [2.24, 2.45) is 22.7 Å². The third-order valence-electron chi connectivity index (χ3n) is 7.16. The monoisotopic (exact) mass is 415 g/mol. The first-order valence-electron chi connectivity index (χ1n) is 10.2. The molecule has 0 amide bonds. The van der Waals surface area contributed by atoms with E-state index in [1.807, 2.05) is 6.08 Å². The van der Waals surface area contributed by atoms with Gasteiger partial charge < -0.3 is 19.6 Å². The molecule has 1 aliphatic heterocycles. The highest BCUT2D eigenvalue weighted by atomic mass is 16.5. The molecule has 30 heavy (non-hydrogen) atoms. The number of allylic oxidation sites excluding steroid dienone is 2. The van der Waals surface area contributed by atoms with Crippen molar-refractivity contribution in [1.82, 2.24) is 5.32 Å². The zero-order chi connectivity index (χ0) is 22.1. The molecular weight excluding hydrogens is 386 g/mol. The third-order valence-corrected chi connectivity index (χ3v) is 7.16. The minimum absolute atomic E-state index is 0.0127. The Bertz CT molecular complexity index is 856. The Kier molecular flexibility index (Phi) is 6.01. The van der Waals surface area contributed by atoms with Crippen molar-refractivity contribution in [3.63, 3.8) is 0 Å². The number of ketones is 1. The normalized spacial score (nSPS) is 34.0. The minimum atomic E-state index is -1.02. The Morgan fingerprint density at radius 3 is 2.70 bits per heavy atom. The van der Waals surface area contributed by atoms with Crippen molar-refractivity contribution in [3.8, 4) is 0 Å². The maximum absolute atomic E-state index is 12.6. The van der Waals surface area contributed by atoms with Gasteiger partial charge in [0, 0.05) is 18.0 Å². The summed E-state index contributed by atoms with van der Waals surface area (Å²) >= 11 is 0. The molecule has 0 aromatic heterocycles. The molecule has 2 fully saturated rings. The van der Waals surface area contributed by atoms with Gasteiger partial charge in [-0.25, -0.2) is 4.79 Å².